The molecule has 0 fully saturated rings. The molecule has 7 aromatic carbocycles. The zero-order valence-electron chi connectivity index (χ0n) is 25.1. The molecule has 0 bridgehead atoms. The van der Waals surface area contributed by atoms with E-state index in [0.29, 0.717) is 0 Å². The molecule has 7 aromatic rings. The Morgan fingerprint density at radius 2 is 0.652 bits per heavy atom. The molecule has 0 aromatic heterocycles. The average Bonchev–Trinajstić information content (AvgIpc) is 3.13. The van der Waals surface area contributed by atoms with Crippen LogP contribution in [0.4, 0.5) is 34.1 Å². The molecular formula is C42H31N2OP. The van der Waals surface area contributed by atoms with Crippen LogP contribution in [0.3, 0.4) is 0 Å². The molecule has 0 radical (unpaired) electrons. The molecule has 8 rings (SSSR count). The number of hydrogen-bond donors (Lipinski definition) is 0. The lowest BCUT2D eigenvalue weighted by Gasteiger charge is -2.33. The van der Waals surface area contributed by atoms with E-state index in [1.165, 1.54) is 15.9 Å². The quantitative estimate of drug-likeness (QED) is 0.167. The number of rotatable bonds is 7. The van der Waals surface area contributed by atoms with Crippen molar-refractivity contribution in [2.75, 3.05) is 9.80 Å². The molecule has 3 nitrogen and oxygen atoms in total. The highest BCUT2D eigenvalue weighted by molar-refractivity contribution is 7.80. The number of nitrogens with zero attached hydrogens (tertiary/aromatic N) is 2. The van der Waals surface area contributed by atoms with E-state index in [2.05, 4.69) is 198 Å². The van der Waals surface area contributed by atoms with Gasteiger partial charge in [0.2, 0.25) is 0 Å². The Labute approximate surface area is 271 Å². The van der Waals surface area contributed by atoms with Crippen LogP contribution in [0.15, 0.2) is 188 Å². The van der Waals surface area contributed by atoms with E-state index in [4.69, 9.17) is 4.74 Å². The van der Waals surface area contributed by atoms with Crippen LogP contribution < -0.4 is 30.5 Å². The summed E-state index contributed by atoms with van der Waals surface area (Å²) in [4.78, 5) is 4.63. The molecular weight excluding hydrogens is 579 g/mol. The summed E-state index contributed by atoms with van der Waals surface area (Å²) in [6.07, 6.45) is 0. The summed E-state index contributed by atoms with van der Waals surface area (Å²) >= 11 is 0. The van der Waals surface area contributed by atoms with Gasteiger partial charge in [-0.3, -0.25) is 0 Å². The highest BCUT2D eigenvalue weighted by Crippen LogP contribution is 2.48. The lowest BCUT2D eigenvalue weighted by molar-refractivity contribution is 0.488. The Morgan fingerprint density at radius 1 is 0.326 bits per heavy atom. The van der Waals surface area contributed by atoms with Gasteiger partial charge in [-0.05, 0) is 98.2 Å². The molecule has 0 unspecified atom stereocenters. The lowest BCUT2D eigenvalue weighted by atomic mass is 10.1. The van der Waals surface area contributed by atoms with Crippen molar-refractivity contribution in [3.8, 4) is 11.5 Å². The van der Waals surface area contributed by atoms with Gasteiger partial charge in [-0.2, -0.15) is 0 Å². The first-order valence-electron chi connectivity index (χ1n) is 15.5. The second-order valence-electron chi connectivity index (χ2n) is 11.1. The first-order valence-corrected chi connectivity index (χ1v) is 16.8. The summed E-state index contributed by atoms with van der Waals surface area (Å²) in [5.74, 6) is 1.81. The Kier molecular flexibility index (Phi) is 7.52. The van der Waals surface area contributed by atoms with Gasteiger partial charge in [0.15, 0.2) is 0 Å². The minimum absolute atomic E-state index is 0.906. The first-order chi connectivity index (χ1) is 22.8. The molecule has 1 heterocycles. The van der Waals surface area contributed by atoms with E-state index in [-0.39, 0.29) is 0 Å². The van der Waals surface area contributed by atoms with Gasteiger partial charge in [0, 0.05) is 44.7 Å². The van der Waals surface area contributed by atoms with Crippen LogP contribution in [0, 0.1) is 0 Å². The third-order valence-electron chi connectivity index (χ3n) is 8.18. The predicted octanol–water partition coefficient (Wildman–Crippen LogP) is 10.5. The summed E-state index contributed by atoms with van der Waals surface area (Å²) in [5, 5.41) is 3.69. The van der Waals surface area contributed by atoms with Crippen molar-refractivity contribution in [1.29, 1.82) is 0 Å². The van der Waals surface area contributed by atoms with Crippen molar-refractivity contribution in [1.82, 2.24) is 0 Å². The largest absolute Gasteiger partial charge is 0.456 e. The van der Waals surface area contributed by atoms with Crippen LogP contribution in [0.2, 0.25) is 0 Å². The Bertz CT molecular complexity index is 1860. The van der Waals surface area contributed by atoms with Gasteiger partial charge in [0.25, 0.3) is 0 Å². The van der Waals surface area contributed by atoms with Crippen LogP contribution in [0.5, 0.6) is 11.5 Å². The second kappa shape index (κ2) is 12.4. The molecule has 0 amide bonds. The fourth-order valence-electron chi connectivity index (χ4n) is 6.12. The predicted molar refractivity (Wildman–Crippen MR) is 195 cm³/mol. The van der Waals surface area contributed by atoms with Crippen molar-refractivity contribution >= 4 is 58.0 Å². The summed E-state index contributed by atoms with van der Waals surface area (Å²) in [7, 11) is -0.934. The van der Waals surface area contributed by atoms with Gasteiger partial charge in [-0.25, -0.2) is 0 Å². The van der Waals surface area contributed by atoms with E-state index in [1.54, 1.807) is 0 Å². The van der Waals surface area contributed by atoms with E-state index in [1.807, 2.05) is 0 Å². The molecule has 0 aliphatic carbocycles. The zero-order chi connectivity index (χ0) is 30.7. The molecule has 1 aliphatic rings. The summed E-state index contributed by atoms with van der Waals surface area (Å²) in [6.45, 7) is 0. The standard InChI is InChI=1S/C42H31N2OP/c1-6-16-32(17-7-1)43(33-18-8-2-9-19-33)36-26-28-39-41(30-36)46(38-24-14-5-15-25-38)42-31-37(27-29-40(42)45-39)44(34-20-10-3-11-21-34)35-22-12-4-13-23-35/h1-31H. The van der Waals surface area contributed by atoms with Crippen molar-refractivity contribution in [2.45, 2.75) is 0 Å². The molecule has 0 saturated carbocycles. The highest BCUT2D eigenvalue weighted by atomic mass is 31.1. The molecule has 220 valence electrons. The Balaban J connectivity index is 1.30. The van der Waals surface area contributed by atoms with Gasteiger partial charge in [-0.15, -0.1) is 0 Å². The van der Waals surface area contributed by atoms with Gasteiger partial charge in [0.05, 0.1) is 0 Å². The van der Waals surface area contributed by atoms with Crippen LogP contribution >= 0.6 is 7.92 Å². The summed E-state index contributed by atoms with van der Waals surface area (Å²) in [6, 6.07) is 66.4. The van der Waals surface area contributed by atoms with Crippen LogP contribution in [0.1, 0.15) is 0 Å². The fourth-order valence-corrected chi connectivity index (χ4v) is 8.61. The van der Waals surface area contributed by atoms with Crippen molar-refractivity contribution in [3.63, 3.8) is 0 Å². The average molecular weight is 611 g/mol. The second-order valence-corrected chi connectivity index (χ2v) is 13.2. The van der Waals surface area contributed by atoms with Crippen LogP contribution in [-0.4, -0.2) is 0 Å². The van der Waals surface area contributed by atoms with Crippen LogP contribution in [-0.2, 0) is 0 Å². The van der Waals surface area contributed by atoms with Crippen LogP contribution in [0.25, 0.3) is 0 Å². The summed E-state index contributed by atoms with van der Waals surface area (Å²) in [5.41, 5.74) is 6.63. The Morgan fingerprint density at radius 3 is 1.00 bits per heavy atom. The van der Waals surface area contributed by atoms with Crippen molar-refractivity contribution in [2.24, 2.45) is 0 Å². The molecule has 46 heavy (non-hydrogen) atoms. The number of hydrogen-bond acceptors (Lipinski definition) is 3. The highest BCUT2D eigenvalue weighted by Gasteiger charge is 2.31. The van der Waals surface area contributed by atoms with Gasteiger partial charge < -0.3 is 14.5 Å². The number of anilines is 6. The van der Waals surface area contributed by atoms with Crippen molar-refractivity contribution < 1.29 is 4.74 Å². The van der Waals surface area contributed by atoms with E-state index >= 15 is 0 Å². The van der Waals surface area contributed by atoms with E-state index in [9.17, 15) is 0 Å². The normalized spacial score (nSPS) is 12.0. The molecule has 0 saturated heterocycles. The van der Waals surface area contributed by atoms with Gasteiger partial charge in [-0.1, -0.05) is 103 Å². The maximum absolute atomic E-state index is 6.70. The lowest BCUT2D eigenvalue weighted by Crippen LogP contribution is -2.28. The molecule has 0 spiro atoms. The Hall–Kier alpha value is -5.63. The minimum atomic E-state index is -0.934. The number of para-hydroxylation sites is 4. The SMILES string of the molecule is c1ccc(N(c2ccccc2)c2ccc3c(c2)P(c2ccccc2)c2cc(N(c4ccccc4)c4ccccc4)ccc2O3)cc1. The third-order valence-corrected chi connectivity index (χ3v) is 10.7. The van der Waals surface area contributed by atoms with E-state index in [0.717, 1.165) is 45.6 Å². The monoisotopic (exact) mass is 610 g/mol. The maximum Gasteiger partial charge on any atom is 0.135 e. The van der Waals surface area contributed by atoms with E-state index < -0.39 is 7.92 Å². The fraction of sp³-hybridized carbons (Fsp3) is 0. The number of ether oxygens (including phenoxy) is 1. The topological polar surface area (TPSA) is 15.7 Å². The number of fused-ring (bicyclic) bond motifs is 2. The van der Waals surface area contributed by atoms with Gasteiger partial charge in [0.1, 0.15) is 11.5 Å². The number of benzene rings is 7. The van der Waals surface area contributed by atoms with Gasteiger partial charge >= 0.3 is 0 Å². The first kappa shape index (κ1) is 27.9. The molecule has 1 aliphatic heterocycles. The third kappa shape index (κ3) is 5.32. The smallest absolute Gasteiger partial charge is 0.135 e. The maximum atomic E-state index is 6.70. The molecule has 0 N–H and O–H groups in total. The molecule has 4 heteroatoms. The summed E-state index contributed by atoms with van der Waals surface area (Å²) < 4.78 is 6.70. The van der Waals surface area contributed by atoms with Crippen molar-refractivity contribution in [3.05, 3.63) is 188 Å². The molecule has 0 atom stereocenters. The minimum Gasteiger partial charge on any atom is -0.456 e. The zero-order valence-corrected chi connectivity index (χ0v) is 26.0.